The van der Waals surface area contributed by atoms with E-state index in [4.69, 9.17) is 0 Å². The fourth-order valence-electron chi connectivity index (χ4n) is 2.91. The number of anilines is 1. The molecule has 0 aliphatic heterocycles. The van der Waals surface area contributed by atoms with Gasteiger partial charge in [-0.15, -0.1) is 0 Å². The van der Waals surface area contributed by atoms with Gasteiger partial charge >= 0.3 is 0 Å². The van der Waals surface area contributed by atoms with Crippen LogP contribution in [0.3, 0.4) is 0 Å². The molecule has 0 saturated carbocycles. The SMILES string of the molecule is CCCCCCC(CC)C(=O)Nc1cccc2ccccc12. The van der Waals surface area contributed by atoms with Gasteiger partial charge in [0.15, 0.2) is 0 Å². The molecule has 0 aromatic heterocycles. The third-order valence-corrected chi connectivity index (χ3v) is 4.32. The minimum atomic E-state index is 0.121. The van der Waals surface area contributed by atoms with Crippen LogP contribution in [-0.4, -0.2) is 5.91 Å². The normalized spacial score (nSPS) is 12.3. The molecule has 118 valence electrons. The summed E-state index contributed by atoms with van der Waals surface area (Å²) in [5.41, 5.74) is 0.926. The van der Waals surface area contributed by atoms with E-state index < -0.39 is 0 Å². The Kier molecular flexibility index (Phi) is 6.45. The van der Waals surface area contributed by atoms with Gasteiger partial charge in [-0.25, -0.2) is 0 Å². The number of rotatable bonds is 8. The molecule has 0 aliphatic rings. The maximum atomic E-state index is 12.5. The summed E-state index contributed by atoms with van der Waals surface area (Å²) < 4.78 is 0. The van der Waals surface area contributed by atoms with Crippen molar-refractivity contribution in [3.63, 3.8) is 0 Å². The number of fused-ring (bicyclic) bond motifs is 1. The highest BCUT2D eigenvalue weighted by atomic mass is 16.1. The van der Waals surface area contributed by atoms with Gasteiger partial charge in [0.2, 0.25) is 5.91 Å². The van der Waals surface area contributed by atoms with Gasteiger partial charge in [-0.2, -0.15) is 0 Å². The van der Waals surface area contributed by atoms with Crippen LogP contribution in [-0.2, 0) is 4.79 Å². The lowest BCUT2D eigenvalue weighted by molar-refractivity contribution is -0.120. The van der Waals surface area contributed by atoms with Crippen LogP contribution in [0.1, 0.15) is 52.4 Å². The summed E-state index contributed by atoms with van der Waals surface area (Å²) >= 11 is 0. The van der Waals surface area contributed by atoms with E-state index in [1.54, 1.807) is 0 Å². The number of carbonyl (C=O) groups is 1. The largest absolute Gasteiger partial charge is 0.325 e. The van der Waals surface area contributed by atoms with Gasteiger partial charge in [-0.05, 0) is 24.3 Å². The summed E-state index contributed by atoms with van der Waals surface area (Å²) in [5.74, 6) is 0.283. The van der Waals surface area contributed by atoms with Crippen molar-refractivity contribution in [2.45, 2.75) is 52.4 Å². The minimum absolute atomic E-state index is 0.121. The lowest BCUT2D eigenvalue weighted by Crippen LogP contribution is -2.22. The van der Waals surface area contributed by atoms with Gasteiger partial charge < -0.3 is 5.32 Å². The Morgan fingerprint density at radius 1 is 1.00 bits per heavy atom. The number of hydrogen-bond acceptors (Lipinski definition) is 1. The first-order valence-corrected chi connectivity index (χ1v) is 8.54. The molecular weight excluding hydrogens is 270 g/mol. The van der Waals surface area contributed by atoms with Crippen LogP contribution in [0.4, 0.5) is 5.69 Å². The number of nitrogens with one attached hydrogen (secondary N) is 1. The molecule has 1 amide bonds. The Hall–Kier alpha value is -1.83. The summed E-state index contributed by atoms with van der Waals surface area (Å²) in [6, 6.07) is 14.2. The minimum Gasteiger partial charge on any atom is -0.325 e. The fraction of sp³-hybridized carbons (Fsp3) is 0.450. The highest BCUT2D eigenvalue weighted by Gasteiger charge is 2.16. The Balaban J connectivity index is 2.02. The van der Waals surface area contributed by atoms with Gasteiger partial charge in [0.25, 0.3) is 0 Å². The molecule has 0 aliphatic carbocycles. The van der Waals surface area contributed by atoms with Crippen molar-refractivity contribution in [3.05, 3.63) is 42.5 Å². The van der Waals surface area contributed by atoms with E-state index in [-0.39, 0.29) is 11.8 Å². The van der Waals surface area contributed by atoms with Gasteiger partial charge in [0.05, 0.1) is 0 Å². The Labute approximate surface area is 133 Å². The summed E-state index contributed by atoms with van der Waals surface area (Å²) in [5, 5.41) is 5.41. The second-order valence-corrected chi connectivity index (χ2v) is 5.97. The molecule has 0 fully saturated rings. The van der Waals surface area contributed by atoms with Gasteiger partial charge in [0.1, 0.15) is 0 Å². The summed E-state index contributed by atoms with van der Waals surface area (Å²) in [6.07, 6.45) is 6.78. The van der Waals surface area contributed by atoms with Gasteiger partial charge in [-0.3, -0.25) is 4.79 Å². The van der Waals surface area contributed by atoms with Crippen LogP contribution in [0, 0.1) is 5.92 Å². The lowest BCUT2D eigenvalue weighted by atomic mass is 9.97. The van der Waals surface area contributed by atoms with Crippen molar-refractivity contribution < 1.29 is 4.79 Å². The molecule has 2 nitrogen and oxygen atoms in total. The Morgan fingerprint density at radius 3 is 2.55 bits per heavy atom. The third-order valence-electron chi connectivity index (χ3n) is 4.32. The molecule has 2 aromatic rings. The topological polar surface area (TPSA) is 29.1 Å². The predicted octanol–water partition coefficient (Wildman–Crippen LogP) is 5.77. The molecule has 0 radical (unpaired) electrons. The maximum Gasteiger partial charge on any atom is 0.227 e. The van der Waals surface area contributed by atoms with E-state index in [9.17, 15) is 4.79 Å². The Bertz CT molecular complexity index is 600. The van der Waals surface area contributed by atoms with E-state index in [0.717, 1.165) is 35.7 Å². The first kappa shape index (κ1) is 16.5. The number of amides is 1. The Morgan fingerprint density at radius 2 is 1.77 bits per heavy atom. The average molecular weight is 297 g/mol. The molecule has 2 heteroatoms. The van der Waals surface area contributed by atoms with E-state index in [2.05, 4.69) is 37.4 Å². The zero-order valence-electron chi connectivity index (χ0n) is 13.8. The van der Waals surface area contributed by atoms with Crippen LogP contribution >= 0.6 is 0 Å². The van der Waals surface area contributed by atoms with E-state index in [1.807, 2.05) is 24.3 Å². The van der Waals surface area contributed by atoms with E-state index in [0.29, 0.717) is 0 Å². The van der Waals surface area contributed by atoms with Crippen molar-refractivity contribution in [2.75, 3.05) is 5.32 Å². The first-order valence-electron chi connectivity index (χ1n) is 8.54. The summed E-state index contributed by atoms with van der Waals surface area (Å²) in [6.45, 7) is 4.32. The van der Waals surface area contributed by atoms with Crippen molar-refractivity contribution in [2.24, 2.45) is 5.92 Å². The summed E-state index contributed by atoms with van der Waals surface area (Å²) in [7, 11) is 0. The zero-order chi connectivity index (χ0) is 15.8. The molecule has 2 rings (SSSR count). The first-order chi connectivity index (χ1) is 10.8. The standard InChI is InChI=1S/C20H27NO/c1-3-5-6-7-11-16(4-2)20(22)21-19-15-10-13-17-12-8-9-14-18(17)19/h8-10,12-16H,3-7,11H2,1-2H3,(H,21,22). The fourth-order valence-corrected chi connectivity index (χ4v) is 2.91. The second kappa shape index (κ2) is 8.57. The molecule has 1 unspecified atom stereocenters. The van der Waals surface area contributed by atoms with Crippen LogP contribution in [0.2, 0.25) is 0 Å². The molecule has 22 heavy (non-hydrogen) atoms. The molecule has 0 saturated heterocycles. The third kappa shape index (κ3) is 4.33. The molecule has 1 atom stereocenters. The monoisotopic (exact) mass is 297 g/mol. The van der Waals surface area contributed by atoms with Gasteiger partial charge in [0, 0.05) is 17.0 Å². The zero-order valence-corrected chi connectivity index (χ0v) is 13.8. The number of carbonyl (C=O) groups excluding carboxylic acids is 1. The quantitative estimate of drug-likeness (QED) is 0.615. The van der Waals surface area contributed by atoms with Crippen molar-refractivity contribution >= 4 is 22.4 Å². The van der Waals surface area contributed by atoms with Crippen LogP contribution in [0.15, 0.2) is 42.5 Å². The maximum absolute atomic E-state index is 12.5. The van der Waals surface area contributed by atoms with E-state index >= 15 is 0 Å². The number of benzene rings is 2. The lowest BCUT2D eigenvalue weighted by Gasteiger charge is -2.16. The van der Waals surface area contributed by atoms with Gasteiger partial charge in [-0.1, -0.05) is 75.9 Å². The molecule has 0 bridgehead atoms. The van der Waals surface area contributed by atoms with E-state index in [1.165, 1.54) is 19.3 Å². The summed E-state index contributed by atoms with van der Waals surface area (Å²) in [4.78, 5) is 12.5. The molecule has 0 spiro atoms. The second-order valence-electron chi connectivity index (χ2n) is 5.97. The number of hydrogen-bond donors (Lipinski definition) is 1. The predicted molar refractivity (Wildman–Crippen MR) is 95.1 cm³/mol. The molecule has 2 aromatic carbocycles. The molecule has 1 N–H and O–H groups in total. The van der Waals surface area contributed by atoms with Crippen LogP contribution in [0.25, 0.3) is 10.8 Å². The number of unbranched alkanes of at least 4 members (excludes halogenated alkanes) is 3. The van der Waals surface area contributed by atoms with Crippen molar-refractivity contribution in [1.82, 2.24) is 0 Å². The highest BCUT2D eigenvalue weighted by Crippen LogP contribution is 2.24. The van der Waals surface area contributed by atoms with Crippen molar-refractivity contribution in [1.29, 1.82) is 0 Å². The van der Waals surface area contributed by atoms with Crippen LogP contribution < -0.4 is 5.32 Å². The average Bonchev–Trinajstić information content (AvgIpc) is 2.55. The van der Waals surface area contributed by atoms with Crippen LogP contribution in [0.5, 0.6) is 0 Å². The highest BCUT2D eigenvalue weighted by molar-refractivity contribution is 6.02. The van der Waals surface area contributed by atoms with Crippen molar-refractivity contribution in [3.8, 4) is 0 Å². The smallest absolute Gasteiger partial charge is 0.227 e. The molecular formula is C20H27NO. The molecule has 0 heterocycles.